The van der Waals surface area contributed by atoms with Crippen LogP contribution in [0.2, 0.25) is 0 Å². The second-order valence-electron chi connectivity index (χ2n) is 5.46. The molecule has 0 amide bonds. The zero-order valence-electron chi connectivity index (χ0n) is 12.8. The van der Waals surface area contributed by atoms with Gasteiger partial charge in [0, 0.05) is 25.9 Å². The van der Waals surface area contributed by atoms with Gasteiger partial charge in [0.05, 0.1) is 24.5 Å². The quantitative estimate of drug-likeness (QED) is 0.666. The molecule has 1 saturated heterocycles. The van der Waals surface area contributed by atoms with E-state index in [-0.39, 0.29) is 5.97 Å². The van der Waals surface area contributed by atoms with E-state index < -0.39 is 0 Å². The first-order valence-corrected chi connectivity index (χ1v) is 7.47. The van der Waals surface area contributed by atoms with Crippen LogP contribution in [0.1, 0.15) is 30.1 Å². The molecule has 0 saturated carbocycles. The maximum Gasteiger partial charge on any atom is 0.340 e. The summed E-state index contributed by atoms with van der Waals surface area (Å²) in [5, 5.41) is 0. The van der Waals surface area contributed by atoms with Gasteiger partial charge in [0.15, 0.2) is 0 Å². The normalized spacial score (nSPS) is 18.3. The lowest BCUT2D eigenvalue weighted by Crippen LogP contribution is -2.31. The lowest BCUT2D eigenvalue weighted by atomic mass is 10.0. The van der Waals surface area contributed by atoms with E-state index in [9.17, 15) is 4.79 Å². The molecular formula is C16H24N2O3. The van der Waals surface area contributed by atoms with Crippen LogP contribution in [-0.4, -0.2) is 39.4 Å². The number of hydrogen-bond donors (Lipinski definition) is 1. The standard InChI is InChI=1S/C16H24N2O3/c1-3-21-16(19)14-9-13(17)6-7-15(14)18(2)10-12-5-4-8-20-11-12/h6-7,9,12H,3-5,8,10-11,17H2,1-2H3. The number of benzene rings is 1. The van der Waals surface area contributed by atoms with Crippen molar-refractivity contribution in [2.45, 2.75) is 19.8 Å². The van der Waals surface area contributed by atoms with E-state index in [1.54, 1.807) is 13.0 Å². The van der Waals surface area contributed by atoms with Gasteiger partial charge in [0.2, 0.25) is 0 Å². The summed E-state index contributed by atoms with van der Waals surface area (Å²) in [6, 6.07) is 5.37. The maximum atomic E-state index is 12.1. The van der Waals surface area contributed by atoms with Gasteiger partial charge in [-0.3, -0.25) is 0 Å². The van der Waals surface area contributed by atoms with Crippen LogP contribution < -0.4 is 10.6 Å². The largest absolute Gasteiger partial charge is 0.462 e. The lowest BCUT2D eigenvalue weighted by molar-refractivity contribution is 0.0526. The number of nitrogens with two attached hydrogens (primary N) is 1. The molecule has 0 aliphatic carbocycles. The smallest absolute Gasteiger partial charge is 0.340 e. The minimum absolute atomic E-state index is 0.327. The molecule has 1 aliphatic rings. The number of carbonyl (C=O) groups is 1. The van der Waals surface area contributed by atoms with Crippen molar-refractivity contribution in [2.24, 2.45) is 5.92 Å². The van der Waals surface area contributed by atoms with Crippen LogP contribution in [0, 0.1) is 5.92 Å². The van der Waals surface area contributed by atoms with E-state index in [1.807, 2.05) is 19.2 Å². The number of hydrogen-bond acceptors (Lipinski definition) is 5. The van der Waals surface area contributed by atoms with Gasteiger partial charge in [0.25, 0.3) is 0 Å². The van der Waals surface area contributed by atoms with Crippen LogP contribution in [0.15, 0.2) is 18.2 Å². The Labute approximate surface area is 126 Å². The highest BCUT2D eigenvalue weighted by Crippen LogP contribution is 2.25. The summed E-state index contributed by atoms with van der Waals surface area (Å²) in [5.41, 5.74) is 7.74. The van der Waals surface area contributed by atoms with Crippen molar-refractivity contribution in [3.05, 3.63) is 23.8 Å². The van der Waals surface area contributed by atoms with Crippen molar-refractivity contribution in [2.75, 3.05) is 44.0 Å². The number of rotatable bonds is 5. The Morgan fingerprint density at radius 2 is 2.33 bits per heavy atom. The fraction of sp³-hybridized carbons (Fsp3) is 0.562. The van der Waals surface area contributed by atoms with Crippen molar-refractivity contribution < 1.29 is 14.3 Å². The van der Waals surface area contributed by atoms with Gasteiger partial charge in [-0.2, -0.15) is 0 Å². The average Bonchev–Trinajstić information content (AvgIpc) is 2.48. The summed E-state index contributed by atoms with van der Waals surface area (Å²) in [6.07, 6.45) is 2.26. The van der Waals surface area contributed by atoms with Crippen LogP contribution >= 0.6 is 0 Å². The minimum atomic E-state index is -0.327. The minimum Gasteiger partial charge on any atom is -0.462 e. The molecule has 1 fully saturated rings. The predicted octanol–water partition coefficient (Wildman–Crippen LogP) is 2.31. The molecule has 0 aromatic heterocycles. The molecule has 0 spiro atoms. The van der Waals surface area contributed by atoms with Crippen molar-refractivity contribution in [1.82, 2.24) is 0 Å². The number of nitrogens with zero attached hydrogens (tertiary/aromatic N) is 1. The number of ether oxygens (including phenoxy) is 2. The molecule has 1 aliphatic heterocycles. The van der Waals surface area contributed by atoms with E-state index >= 15 is 0 Å². The third-order valence-corrected chi connectivity index (χ3v) is 3.71. The van der Waals surface area contributed by atoms with Crippen molar-refractivity contribution in [3.63, 3.8) is 0 Å². The Bertz CT molecular complexity index is 484. The monoisotopic (exact) mass is 292 g/mol. The SMILES string of the molecule is CCOC(=O)c1cc(N)ccc1N(C)CC1CCCOC1. The Balaban J connectivity index is 2.14. The van der Waals surface area contributed by atoms with Gasteiger partial charge in [-0.1, -0.05) is 0 Å². The molecular weight excluding hydrogens is 268 g/mol. The van der Waals surface area contributed by atoms with E-state index in [4.69, 9.17) is 15.2 Å². The fourth-order valence-electron chi connectivity index (χ4n) is 2.70. The van der Waals surface area contributed by atoms with Gasteiger partial charge in [-0.15, -0.1) is 0 Å². The number of esters is 1. The van der Waals surface area contributed by atoms with Crippen LogP contribution in [0.4, 0.5) is 11.4 Å². The first-order chi connectivity index (χ1) is 10.1. The Morgan fingerprint density at radius 3 is 3.00 bits per heavy atom. The molecule has 2 rings (SSSR count). The summed E-state index contributed by atoms with van der Waals surface area (Å²) in [5.74, 6) is 0.169. The zero-order chi connectivity index (χ0) is 15.2. The van der Waals surface area contributed by atoms with Gasteiger partial charge in [-0.05, 0) is 43.9 Å². The molecule has 116 valence electrons. The van der Waals surface area contributed by atoms with Crippen LogP contribution in [-0.2, 0) is 9.47 Å². The molecule has 5 nitrogen and oxygen atoms in total. The van der Waals surface area contributed by atoms with Crippen LogP contribution in [0.5, 0.6) is 0 Å². The summed E-state index contributed by atoms with van der Waals surface area (Å²) in [6.45, 7) is 4.65. The molecule has 1 atom stereocenters. The molecule has 0 bridgehead atoms. The Hall–Kier alpha value is -1.75. The summed E-state index contributed by atoms with van der Waals surface area (Å²) >= 11 is 0. The summed E-state index contributed by atoms with van der Waals surface area (Å²) < 4.78 is 10.6. The highest BCUT2D eigenvalue weighted by Gasteiger charge is 2.20. The first-order valence-electron chi connectivity index (χ1n) is 7.47. The Morgan fingerprint density at radius 1 is 1.52 bits per heavy atom. The topological polar surface area (TPSA) is 64.8 Å². The van der Waals surface area contributed by atoms with E-state index in [1.165, 1.54) is 0 Å². The number of carbonyl (C=O) groups excluding carboxylic acids is 1. The predicted molar refractivity (Wildman–Crippen MR) is 83.6 cm³/mol. The second kappa shape index (κ2) is 7.31. The molecule has 1 aromatic carbocycles. The molecule has 1 unspecified atom stereocenters. The van der Waals surface area contributed by atoms with Crippen molar-refractivity contribution in [3.8, 4) is 0 Å². The van der Waals surface area contributed by atoms with Gasteiger partial charge in [-0.25, -0.2) is 4.79 Å². The zero-order valence-corrected chi connectivity index (χ0v) is 12.8. The highest BCUT2D eigenvalue weighted by atomic mass is 16.5. The van der Waals surface area contributed by atoms with Crippen LogP contribution in [0.3, 0.4) is 0 Å². The first kappa shape index (κ1) is 15.6. The number of nitrogen functional groups attached to an aromatic ring is 1. The van der Waals surface area contributed by atoms with E-state index in [2.05, 4.69) is 4.90 Å². The average molecular weight is 292 g/mol. The van der Waals surface area contributed by atoms with Gasteiger partial charge in [0.1, 0.15) is 0 Å². The van der Waals surface area contributed by atoms with Gasteiger partial charge < -0.3 is 20.1 Å². The summed E-state index contributed by atoms with van der Waals surface area (Å²) in [4.78, 5) is 14.2. The van der Waals surface area contributed by atoms with Gasteiger partial charge >= 0.3 is 5.97 Å². The summed E-state index contributed by atoms with van der Waals surface area (Å²) in [7, 11) is 1.99. The maximum absolute atomic E-state index is 12.1. The fourth-order valence-corrected chi connectivity index (χ4v) is 2.70. The molecule has 21 heavy (non-hydrogen) atoms. The van der Waals surface area contributed by atoms with Crippen molar-refractivity contribution in [1.29, 1.82) is 0 Å². The second-order valence-corrected chi connectivity index (χ2v) is 5.46. The Kier molecular flexibility index (Phi) is 5.44. The molecule has 5 heteroatoms. The third-order valence-electron chi connectivity index (χ3n) is 3.71. The molecule has 1 aromatic rings. The number of anilines is 2. The molecule has 2 N–H and O–H groups in total. The molecule has 1 heterocycles. The van der Waals surface area contributed by atoms with Crippen molar-refractivity contribution >= 4 is 17.3 Å². The molecule has 0 radical (unpaired) electrons. The third kappa shape index (κ3) is 4.11. The van der Waals surface area contributed by atoms with E-state index in [0.717, 1.165) is 38.3 Å². The van der Waals surface area contributed by atoms with E-state index in [0.29, 0.717) is 23.8 Å². The highest BCUT2D eigenvalue weighted by molar-refractivity contribution is 5.97. The lowest BCUT2D eigenvalue weighted by Gasteiger charge is -2.29. The van der Waals surface area contributed by atoms with Crippen LogP contribution in [0.25, 0.3) is 0 Å².